The number of anilines is 2. The second-order valence-corrected chi connectivity index (χ2v) is 6.66. The predicted molar refractivity (Wildman–Crippen MR) is 108 cm³/mol. The van der Waals surface area contributed by atoms with Crippen molar-refractivity contribution in [3.8, 4) is 0 Å². The van der Waals surface area contributed by atoms with Crippen LogP contribution in [0, 0.1) is 13.8 Å². The van der Waals surface area contributed by atoms with E-state index in [1.165, 1.54) is 12.3 Å². The van der Waals surface area contributed by atoms with Crippen LogP contribution in [0.2, 0.25) is 5.02 Å². The van der Waals surface area contributed by atoms with Gasteiger partial charge in [0.1, 0.15) is 5.69 Å². The van der Waals surface area contributed by atoms with Crippen molar-refractivity contribution in [1.82, 2.24) is 4.98 Å². The first kappa shape index (κ1) is 18.6. The summed E-state index contributed by atoms with van der Waals surface area (Å²) >= 11 is 5.84. The van der Waals surface area contributed by atoms with Crippen LogP contribution in [0.15, 0.2) is 60.8 Å². The summed E-state index contributed by atoms with van der Waals surface area (Å²) in [5.74, 6) is -0.707. The monoisotopic (exact) mass is 379 g/mol. The van der Waals surface area contributed by atoms with Gasteiger partial charge in [-0.2, -0.15) is 0 Å². The van der Waals surface area contributed by atoms with Crippen molar-refractivity contribution in [2.24, 2.45) is 0 Å². The highest BCUT2D eigenvalue weighted by atomic mass is 35.5. The van der Waals surface area contributed by atoms with E-state index in [0.29, 0.717) is 22.0 Å². The number of carbonyl (C=O) groups excluding carboxylic acids is 2. The zero-order chi connectivity index (χ0) is 19.4. The van der Waals surface area contributed by atoms with Crippen LogP contribution in [-0.4, -0.2) is 16.8 Å². The number of amides is 2. The molecule has 3 aromatic rings. The Balaban J connectivity index is 1.75. The molecule has 0 unspecified atom stereocenters. The SMILES string of the molecule is Cc1cc(C)cc(NC(=O)c2ccnc(C(=O)Nc3ccc(Cl)cc3)c2)c1. The standard InChI is InChI=1S/C21H18ClN3O2/c1-13-9-14(2)11-18(10-13)25-20(26)15-7-8-23-19(12-15)21(27)24-17-5-3-16(22)4-6-17/h3-12H,1-2H3,(H,24,27)(H,25,26). The minimum Gasteiger partial charge on any atom is -0.322 e. The summed E-state index contributed by atoms with van der Waals surface area (Å²) in [7, 11) is 0. The number of aromatic nitrogens is 1. The van der Waals surface area contributed by atoms with Gasteiger partial charge in [-0.15, -0.1) is 0 Å². The lowest BCUT2D eigenvalue weighted by Crippen LogP contribution is -2.17. The quantitative estimate of drug-likeness (QED) is 0.680. The van der Waals surface area contributed by atoms with Gasteiger partial charge in [-0.1, -0.05) is 17.7 Å². The van der Waals surface area contributed by atoms with Crippen molar-refractivity contribution in [3.05, 3.63) is 88.2 Å². The van der Waals surface area contributed by atoms with Crippen LogP contribution in [0.3, 0.4) is 0 Å². The summed E-state index contributed by atoms with van der Waals surface area (Å²) in [6, 6.07) is 15.6. The van der Waals surface area contributed by atoms with Gasteiger partial charge in [-0.25, -0.2) is 0 Å². The maximum Gasteiger partial charge on any atom is 0.274 e. The molecule has 136 valence electrons. The van der Waals surface area contributed by atoms with E-state index in [0.717, 1.165) is 11.1 Å². The fraction of sp³-hybridized carbons (Fsp3) is 0.0952. The number of halogens is 1. The molecule has 0 fully saturated rings. The van der Waals surface area contributed by atoms with E-state index >= 15 is 0 Å². The molecule has 2 amide bonds. The molecular weight excluding hydrogens is 362 g/mol. The van der Waals surface area contributed by atoms with E-state index in [4.69, 9.17) is 11.6 Å². The highest BCUT2D eigenvalue weighted by molar-refractivity contribution is 6.30. The molecule has 5 nitrogen and oxygen atoms in total. The van der Waals surface area contributed by atoms with Gasteiger partial charge in [0.2, 0.25) is 0 Å². The third kappa shape index (κ3) is 4.92. The Labute approximate surface area is 162 Å². The van der Waals surface area contributed by atoms with Gasteiger partial charge >= 0.3 is 0 Å². The Kier molecular flexibility index (Phi) is 5.52. The zero-order valence-electron chi connectivity index (χ0n) is 14.9. The van der Waals surface area contributed by atoms with Gasteiger partial charge in [0.15, 0.2) is 0 Å². The Hall–Kier alpha value is -3.18. The third-order valence-corrected chi connectivity index (χ3v) is 4.09. The molecule has 0 spiro atoms. The topological polar surface area (TPSA) is 71.1 Å². The van der Waals surface area contributed by atoms with Gasteiger partial charge < -0.3 is 10.6 Å². The van der Waals surface area contributed by atoms with Crippen LogP contribution in [-0.2, 0) is 0 Å². The van der Waals surface area contributed by atoms with Crippen LogP contribution in [0.4, 0.5) is 11.4 Å². The zero-order valence-corrected chi connectivity index (χ0v) is 15.7. The molecule has 0 saturated carbocycles. The van der Waals surface area contributed by atoms with E-state index < -0.39 is 5.91 Å². The van der Waals surface area contributed by atoms with Crippen molar-refractivity contribution in [3.63, 3.8) is 0 Å². The first-order chi connectivity index (χ1) is 12.9. The second-order valence-electron chi connectivity index (χ2n) is 6.22. The Bertz CT molecular complexity index is 980. The van der Waals surface area contributed by atoms with Crippen LogP contribution in [0.25, 0.3) is 0 Å². The molecule has 1 heterocycles. The molecule has 2 N–H and O–H groups in total. The summed E-state index contributed by atoms with van der Waals surface area (Å²) < 4.78 is 0. The number of hydrogen-bond acceptors (Lipinski definition) is 3. The van der Waals surface area contributed by atoms with E-state index in [1.54, 1.807) is 30.3 Å². The van der Waals surface area contributed by atoms with Gasteiger partial charge in [0.05, 0.1) is 0 Å². The largest absolute Gasteiger partial charge is 0.322 e. The number of rotatable bonds is 4. The number of hydrogen-bond donors (Lipinski definition) is 2. The number of nitrogens with zero attached hydrogens (tertiary/aromatic N) is 1. The van der Waals surface area contributed by atoms with Crippen molar-refractivity contribution >= 4 is 34.8 Å². The smallest absolute Gasteiger partial charge is 0.274 e. The molecule has 0 aliphatic rings. The summed E-state index contributed by atoms with van der Waals surface area (Å²) in [5, 5.41) is 6.15. The number of carbonyl (C=O) groups is 2. The normalized spacial score (nSPS) is 10.3. The number of aryl methyl sites for hydroxylation is 2. The highest BCUT2D eigenvalue weighted by Crippen LogP contribution is 2.16. The molecule has 0 radical (unpaired) electrons. The van der Waals surface area contributed by atoms with E-state index in [-0.39, 0.29) is 11.6 Å². The van der Waals surface area contributed by atoms with Gasteiger partial charge in [-0.05, 0) is 73.5 Å². The number of nitrogens with one attached hydrogen (secondary N) is 2. The summed E-state index contributed by atoms with van der Waals surface area (Å²) in [5.41, 5.74) is 3.92. The van der Waals surface area contributed by atoms with Gasteiger partial charge in [0, 0.05) is 28.2 Å². The average Bonchev–Trinajstić information content (AvgIpc) is 2.63. The number of pyridine rings is 1. The highest BCUT2D eigenvalue weighted by Gasteiger charge is 2.13. The maximum atomic E-state index is 12.5. The minimum absolute atomic E-state index is 0.151. The van der Waals surface area contributed by atoms with Crippen LogP contribution in [0.1, 0.15) is 32.0 Å². The van der Waals surface area contributed by atoms with Crippen LogP contribution < -0.4 is 10.6 Å². The van der Waals surface area contributed by atoms with Crippen molar-refractivity contribution in [1.29, 1.82) is 0 Å². The molecule has 1 aromatic heterocycles. The van der Waals surface area contributed by atoms with Crippen molar-refractivity contribution in [2.45, 2.75) is 13.8 Å². The first-order valence-corrected chi connectivity index (χ1v) is 8.71. The summed E-state index contributed by atoms with van der Waals surface area (Å²) in [4.78, 5) is 29.0. The van der Waals surface area contributed by atoms with E-state index in [2.05, 4.69) is 15.6 Å². The van der Waals surface area contributed by atoms with E-state index in [1.807, 2.05) is 32.0 Å². The van der Waals surface area contributed by atoms with Crippen LogP contribution in [0.5, 0.6) is 0 Å². The van der Waals surface area contributed by atoms with Gasteiger partial charge in [-0.3, -0.25) is 14.6 Å². The third-order valence-electron chi connectivity index (χ3n) is 3.84. The molecule has 0 bridgehead atoms. The molecule has 0 aliphatic heterocycles. The molecule has 6 heteroatoms. The summed E-state index contributed by atoms with van der Waals surface area (Å²) in [6.07, 6.45) is 1.44. The molecule has 0 aliphatic carbocycles. The van der Waals surface area contributed by atoms with Gasteiger partial charge in [0.25, 0.3) is 11.8 Å². The molecule has 2 aromatic carbocycles. The predicted octanol–water partition coefficient (Wildman–Crippen LogP) is 4.86. The fourth-order valence-electron chi connectivity index (χ4n) is 2.67. The molecule has 27 heavy (non-hydrogen) atoms. The maximum absolute atomic E-state index is 12.5. The lowest BCUT2D eigenvalue weighted by molar-refractivity contribution is 0.102. The van der Waals surface area contributed by atoms with Crippen molar-refractivity contribution in [2.75, 3.05) is 10.6 Å². The second kappa shape index (κ2) is 8.01. The van der Waals surface area contributed by atoms with Crippen molar-refractivity contribution < 1.29 is 9.59 Å². The first-order valence-electron chi connectivity index (χ1n) is 8.33. The minimum atomic E-state index is -0.404. The molecular formula is C21H18ClN3O2. The lowest BCUT2D eigenvalue weighted by atomic mass is 10.1. The Morgan fingerprint density at radius 2 is 1.44 bits per heavy atom. The lowest BCUT2D eigenvalue weighted by Gasteiger charge is -2.09. The molecule has 3 rings (SSSR count). The Morgan fingerprint density at radius 3 is 2.11 bits per heavy atom. The van der Waals surface area contributed by atoms with E-state index in [9.17, 15) is 9.59 Å². The van der Waals surface area contributed by atoms with Crippen LogP contribution >= 0.6 is 11.6 Å². The average molecular weight is 380 g/mol. The fourth-order valence-corrected chi connectivity index (χ4v) is 2.80. The molecule has 0 saturated heterocycles. The number of benzene rings is 2. The Morgan fingerprint density at radius 1 is 0.815 bits per heavy atom. The summed E-state index contributed by atoms with van der Waals surface area (Å²) in [6.45, 7) is 3.93. The molecule has 0 atom stereocenters.